The molecule has 0 saturated heterocycles. The van der Waals surface area contributed by atoms with Crippen LogP contribution >= 0.6 is 23.2 Å². The van der Waals surface area contributed by atoms with Crippen LogP contribution in [-0.4, -0.2) is 11.7 Å². The van der Waals surface area contributed by atoms with E-state index < -0.39 is 0 Å². The molecule has 0 fully saturated rings. The minimum atomic E-state index is 0.120. The third-order valence-electron chi connectivity index (χ3n) is 3.42. The fraction of sp³-hybridized carbons (Fsp3) is 0.294. The number of hydrogen-bond donors (Lipinski definition) is 1. The number of aliphatic hydroxyl groups is 1. The standard InChI is InChI=1S/C17H18Cl2O/c1-12-4-2-5-13(8-12)9-14(11-20)10-15-16(18)6-3-7-17(15)19/h2-8,14,20H,9-11H2,1H3. The van der Waals surface area contributed by atoms with Crippen molar-refractivity contribution in [2.45, 2.75) is 19.8 Å². The van der Waals surface area contributed by atoms with Crippen LogP contribution in [0.3, 0.4) is 0 Å². The van der Waals surface area contributed by atoms with Gasteiger partial charge in [-0.1, -0.05) is 59.1 Å². The van der Waals surface area contributed by atoms with Gasteiger partial charge in [0.05, 0.1) is 0 Å². The summed E-state index contributed by atoms with van der Waals surface area (Å²) < 4.78 is 0. The van der Waals surface area contributed by atoms with Crippen LogP contribution in [0.2, 0.25) is 10.0 Å². The number of aryl methyl sites for hydroxylation is 1. The van der Waals surface area contributed by atoms with Crippen LogP contribution < -0.4 is 0 Å². The Kier molecular flexibility index (Phi) is 5.47. The second-order valence-corrected chi connectivity index (χ2v) is 5.96. The quantitative estimate of drug-likeness (QED) is 0.849. The zero-order valence-electron chi connectivity index (χ0n) is 11.4. The van der Waals surface area contributed by atoms with Crippen LogP contribution in [0.15, 0.2) is 42.5 Å². The number of aliphatic hydroxyl groups excluding tert-OH is 1. The van der Waals surface area contributed by atoms with E-state index in [1.807, 2.05) is 24.3 Å². The molecule has 0 saturated carbocycles. The maximum absolute atomic E-state index is 9.61. The van der Waals surface area contributed by atoms with E-state index in [0.717, 1.165) is 12.0 Å². The van der Waals surface area contributed by atoms with Gasteiger partial charge in [-0.25, -0.2) is 0 Å². The highest BCUT2D eigenvalue weighted by Gasteiger charge is 2.14. The fourth-order valence-corrected chi connectivity index (χ4v) is 2.94. The molecule has 0 aromatic heterocycles. The minimum Gasteiger partial charge on any atom is -0.396 e. The smallest absolute Gasteiger partial charge is 0.0465 e. The van der Waals surface area contributed by atoms with Gasteiger partial charge in [-0.15, -0.1) is 0 Å². The second kappa shape index (κ2) is 7.12. The maximum Gasteiger partial charge on any atom is 0.0465 e. The molecule has 0 heterocycles. The summed E-state index contributed by atoms with van der Waals surface area (Å²) in [5.41, 5.74) is 3.38. The molecular formula is C17H18Cl2O. The number of hydrogen-bond acceptors (Lipinski definition) is 1. The Hall–Kier alpha value is -1.02. The van der Waals surface area contributed by atoms with Gasteiger partial charge in [0.25, 0.3) is 0 Å². The average Bonchev–Trinajstić information content (AvgIpc) is 2.42. The molecule has 0 aliphatic heterocycles. The molecule has 1 N–H and O–H groups in total. The molecule has 2 rings (SSSR count). The lowest BCUT2D eigenvalue weighted by Crippen LogP contribution is -2.13. The van der Waals surface area contributed by atoms with Crippen LogP contribution in [0.4, 0.5) is 0 Å². The third-order valence-corrected chi connectivity index (χ3v) is 4.13. The first-order valence-corrected chi connectivity index (χ1v) is 7.45. The van der Waals surface area contributed by atoms with E-state index in [-0.39, 0.29) is 12.5 Å². The van der Waals surface area contributed by atoms with Crippen molar-refractivity contribution in [3.63, 3.8) is 0 Å². The van der Waals surface area contributed by atoms with Crippen molar-refractivity contribution in [3.05, 3.63) is 69.2 Å². The molecule has 20 heavy (non-hydrogen) atoms. The normalized spacial score (nSPS) is 12.4. The fourth-order valence-electron chi connectivity index (χ4n) is 2.39. The number of rotatable bonds is 5. The lowest BCUT2D eigenvalue weighted by molar-refractivity contribution is 0.225. The van der Waals surface area contributed by atoms with Crippen molar-refractivity contribution in [1.82, 2.24) is 0 Å². The summed E-state index contributed by atoms with van der Waals surface area (Å²) in [4.78, 5) is 0. The van der Waals surface area contributed by atoms with Crippen molar-refractivity contribution in [1.29, 1.82) is 0 Å². The first-order chi connectivity index (χ1) is 9.60. The summed E-state index contributed by atoms with van der Waals surface area (Å²) in [6.07, 6.45) is 1.50. The van der Waals surface area contributed by atoms with Crippen LogP contribution in [0.1, 0.15) is 16.7 Å². The zero-order valence-corrected chi connectivity index (χ0v) is 13.0. The molecule has 106 valence electrons. The van der Waals surface area contributed by atoms with Crippen molar-refractivity contribution in [2.75, 3.05) is 6.61 Å². The Bertz CT molecular complexity index is 561. The molecular weight excluding hydrogens is 291 g/mol. The maximum atomic E-state index is 9.61. The van der Waals surface area contributed by atoms with Gasteiger partial charge < -0.3 is 5.11 Å². The van der Waals surface area contributed by atoms with E-state index in [4.69, 9.17) is 23.2 Å². The molecule has 2 aromatic rings. The van der Waals surface area contributed by atoms with Gasteiger partial charge in [0.2, 0.25) is 0 Å². The van der Waals surface area contributed by atoms with E-state index in [1.54, 1.807) is 0 Å². The van der Waals surface area contributed by atoms with Crippen LogP contribution in [0.5, 0.6) is 0 Å². The molecule has 1 atom stereocenters. The molecule has 1 unspecified atom stereocenters. The van der Waals surface area contributed by atoms with Crippen LogP contribution in [0.25, 0.3) is 0 Å². The minimum absolute atomic E-state index is 0.120. The predicted molar refractivity (Wildman–Crippen MR) is 85.6 cm³/mol. The largest absolute Gasteiger partial charge is 0.396 e. The molecule has 0 spiro atoms. The van der Waals surface area contributed by atoms with Crippen LogP contribution in [-0.2, 0) is 12.8 Å². The van der Waals surface area contributed by atoms with Gasteiger partial charge in [-0.2, -0.15) is 0 Å². The summed E-state index contributed by atoms with van der Waals surface area (Å²) >= 11 is 12.4. The molecule has 1 nitrogen and oxygen atoms in total. The topological polar surface area (TPSA) is 20.2 Å². The average molecular weight is 309 g/mol. The highest BCUT2D eigenvalue weighted by Crippen LogP contribution is 2.28. The Balaban J connectivity index is 2.13. The molecule has 0 aliphatic carbocycles. The second-order valence-electron chi connectivity index (χ2n) is 5.15. The lowest BCUT2D eigenvalue weighted by Gasteiger charge is -2.16. The monoisotopic (exact) mass is 308 g/mol. The van der Waals surface area contributed by atoms with Gasteiger partial charge in [0.1, 0.15) is 0 Å². The van der Waals surface area contributed by atoms with Crippen molar-refractivity contribution >= 4 is 23.2 Å². The van der Waals surface area contributed by atoms with E-state index in [1.165, 1.54) is 11.1 Å². The van der Waals surface area contributed by atoms with Gasteiger partial charge >= 0.3 is 0 Å². The Morgan fingerprint density at radius 1 is 1.00 bits per heavy atom. The highest BCUT2D eigenvalue weighted by molar-refractivity contribution is 6.35. The first kappa shape index (κ1) is 15.4. The molecule has 0 bridgehead atoms. The first-order valence-electron chi connectivity index (χ1n) is 6.69. The van der Waals surface area contributed by atoms with Gasteiger partial charge in [-0.05, 0) is 48.9 Å². The summed E-state index contributed by atoms with van der Waals surface area (Å²) in [5.74, 6) is 0.120. The molecule has 0 aliphatic rings. The number of halogens is 2. The lowest BCUT2D eigenvalue weighted by atomic mass is 9.92. The summed E-state index contributed by atoms with van der Waals surface area (Å²) in [5, 5.41) is 10.9. The van der Waals surface area contributed by atoms with Crippen molar-refractivity contribution in [2.24, 2.45) is 5.92 Å². The van der Waals surface area contributed by atoms with Crippen molar-refractivity contribution < 1.29 is 5.11 Å². The molecule has 0 radical (unpaired) electrons. The summed E-state index contributed by atoms with van der Waals surface area (Å²) in [6, 6.07) is 13.9. The van der Waals surface area contributed by atoms with Gasteiger partial charge in [0.15, 0.2) is 0 Å². The summed E-state index contributed by atoms with van der Waals surface area (Å²) in [6.45, 7) is 2.19. The van der Waals surface area contributed by atoms with Gasteiger partial charge in [-0.3, -0.25) is 0 Å². The van der Waals surface area contributed by atoms with Crippen LogP contribution in [0, 0.1) is 12.8 Å². The Labute approximate surface area is 130 Å². The Morgan fingerprint density at radius 3 is 2.25 bits per heavy atom. The van der Waals surface area contributed by atoms with E-state index in [0.29, 0.717) is 16.5 Å². The summed E-state index contributed by atoms with van der Waals surface area (Å²) in [7, 11) is 0. The highest BCUT2D eigenvalue weighted by atomic mass is 35.5. The van der Waals surface area contributed by atoms with Gasteiger partial charge in [0, 0.05) is 16.7 Å². The zero-order chi connectivity index (χ0) is 14.5. The predicted octanol–water partition coefficient (Wildman–Crippen LogP) is 4.70. The van der Waals surface area contributed by atoms with E-state index in [9.17, 15) is 5.11 Å². The molecule has 0 amide bonds. The third kappa shape index (κ3) is 3.99. The Morgan fingerprint density at radius 2 is 1.65 bits per heavy atom. The van der Waals surface area contributed by atoms with E-state index in [2.05, 4.69) is 25.1 Å². The molecule has 2 aromatic carbocycles. The van der Waals surface area contributed by atoms with E-state index >= 15 is 0 Å². The SMILES string of the molecule is Cc1cccc(CC(CO)Cc2c(Cl)cccc2Cl)c1. The molecule has 3 heteroatoms. The number of benzene rings is 2. The van der Waals surface area contributed by atoms with Crippen molar-refractivity contribution in [3.8, 4) is 0 Å².